The monoisotopic (exact) mass is 363 g/mol. The van der Waals surface area contributed by atoms with Crippen molar-refractivity contribution < 1.29 is 23.9 Å². The summed E-state index contributed by atoms with van der Waals surface area (Å²) in [5, 5.41) is 14.0. The maximum Gasteiger partial charge on any atom is 0.414 e. The predicted octanol–water partition coefficient (Wildman–Crippen LogP) is 1.26. The fraction of sp³-hybridized carbons (Fsp3) is 0.312. The number of halogens is 1. The van der Waals surface area contributed by atoms with Gasteiger partial charge in [-0.15, -0.1) is 0 Å². The summed E-state index contributed by atoms with van der Waals surface area (Å²) in [6.07, 6.45) is 3.42. The molecule has 2 amide bonds. The van der Waals surface area contributed by atoms with E-state index in [2.05, 4.69) is 10.5 Å². The quantitative estimate of drug-likeness (QED) is 0.354. The molecule has 138 valence electrons. The number of nitrogens with zero attached hydrogens (tertiary/aromatic N) is 4. The molecule has 0 saturated carbocycles. The first-order valence-electron chi connectivity index (χ1n) is 7.88. The van der Waals surface area contributed by atoms with Gasteiger partial charge in [0, 0.05) is 19.3 Å². The Morgan fingerprint density at radius 1 is 1.50 bits per heavy atom. The molecule has 2 aliphatic heterocycles. The van der Waals surface area contributed by atoms with Crippen LogP contribution < -0.4 is 15.1 Å². The lowest BCUT2D eigenvalue weighted by Crippen LogP contribution is -2.33. The van der Waals surface area contributed by atoms with Crippen LogP contribution in [0.3, 0.4) is 0 Å². The molecule has 2 aliphatic rings. The van der Waals surface area contributed by atoms with Gasteiger partial charge in [-0.25, -0.2) is 9.18 Å². The molecule has 26 heavy (non-hydrogen) atoms. The Bertz CT molecular complexity index is 769. The summed E-state index contributed by atoms with van der Waals surface area (Å²) in [6, 6.07) is 4.44. The minimum Gasteiger partial charge on any atom is -0.442 e. The summed E-state index contributed by atoms with van der Waals surface area (Å²) in [5.74, 6) is -0.720. The number of rotatable bonds is 5. The Morgan fingerprint density at radius 2 is 2.31 bits per heavy atom. The van der Waals surface area contributed by atoms with Crippen molar-refractivity contribution in [3.63, 3.8) is 0 Å². The third-order valence-corrected chi connectivity index (χ3v) is 3.96. The minimum atomic E-state index is -0.584. The standard InChI is InChI=1S/C16H18FN5O4/c1-11(23)18-7-13-8-22(16(24)26-13)12-2-3-15(14(17)6-12)21-5-4-20(10-21)9-19-25/h2-6,9,13,25H,7-8,10H2,1H3,(H,18,23). The number of carbonyl (C=O) groups is 2. The lowest BCUT2D eigenvalue weighted by Gasteiger charge is -2.20. The zero-order chi connectivity index (χ0) is 18.7. The largest absolute Gasteiger partial charge is 0.442 e. The number of hydrogen-bond donors (Lipinski definition) is 2. The van der Waals surface area contributed by atoms with Crippen LogP contribution in [-0.2, 0) is 9.53 Å². The van der Waals surface area contributed by atoms with E-state index in [1.807, 2.05) is 0 Å². The number of ether oxygens (including phenoxy) is 1. The summed E-state index contributed by atoms with van der Waals surface area (Å²) in [4.78, 5) is 27.5. The summed E-state index contributed by atoms with van der Waals surface area (Å²) in [5.41, 5.74) is 0.694. The summed E-state index contributed by atoms with van der Waals surface area (Å²) in [7, 11) is 0. The van der Waals surface area contributed by atoms with Gasteiger partial charge in [-0.3, -0.25) is 9.69 Å². The number of nitrogens with one attached hydrogen (secondary N) is 1. The van der Waals surface area contributed by atoms with Crippen molar-refractivity contribution in [1.29, 1.82) is 0 Å². The molecule has 0 spiro atoms. The van der Waals surface area contributed by atoms with E-state index in [9.17, 15) is 14.0 Å². The summed E-state index contributed by atoms with van der Waals surface area (Å²) >= 11 is 0. The topological polar surface area (TPSA) is 97.7 Å². The number of cyclic esters (lactones) is 1. The average Bonchev–Trinajstić information content (AvgIpc) is 3.20. The van der Waals surface area contributed by atoms with Gasteiger partial charge in [-0.1, -0.05) is 5.16 Å². The van der Waals surface area contributed by atoms with Crippen LogP contribution in [0.15, 0.2) is 35.8 Å². The van der Waals surface area contributed by atoms with Crippen LogP contribution >= 0.6 is 0 Å². The lowest BCUT2D eigenvalue weighted by atomic mass is 10.2. The Kier molecular flexibility index (Phi) is 4.92. The van der Waals surface area contributed by atoms with Crippen LogP contribution in [0.4, 0.5) is 20.6 Å². The van der Waals surface area contributed by atoms with Gasteiger partial charge < -0.3 is 25.1 Å². The maximum atomic E-state index is 14.5. The van der Waals surface area contributed by atoms with Gasteiger partial charge in [0.1, 0.15) is 18.3 Å². The molecule has 0 aliphatic carbocycles. The molecule has 9 nitrogen and oxygen atoms in total. The van der Waals surface area contributed by atoms with E-state index in [0.29, 0.717) is 18.0 Å². The lowest BCUT2D eigenvalue weighted by molar-refractivity contribution is -0.119. The first-order chi connectivity index (χ1) is 12.5. The second-order valence-electron chi connectivity index (χ2n) is 5.84. The van der Waals surface area contributed by atoms with Crippen LogP contribution in [-0.4, -0.2) is 54.3 Å². The molecule has 3 rings (SSSR count). The van der Waals surface area contributed by atoms with Gasteiger partial charge in [0.05, 0.1) is 31.1 Å². The Morgan fingerprint density at radius 3 is 3.00 bits per heavy atom. The van der Waals surface area contributed by atoms with Gasteiger partial charge >= 0.3 is 6.09 Å². The van der Waals surface area contributed by atoms with Crippen molar-refractivity contribution in [2.45, 2.75) is 13.0 Å². The third-order valence-electron chi connectivity index (χ3n) is 3.96. The van der Waals surface area contributed by atoms with Crippen molar-refractivity contribution in [2.75, 3.05) is 29.6 Å². The first-order valence-corrected chi connectivity index (χ1v) is 7.88. The number of hydrogen-bond acceptors (Lipinski definition) is 6. The second-order valence-corrected chi connectivity index (χ2v) is 5.84. The zero-order valence-corrected chi connectivity index (χ0v) is 14.0. The smallest absolute Gasteiger partial charge is 0.414 e. The number of anilines is 2. The number of benzene rings is 1. The Labute approximate surface area is 148 Å². The molecule has 1 aromatic rings. The number of carbonyl (C=O) groups excluding carboxylic acids is 2. The van der Waals surface area contributed by atoms with E-state index < -0.39 is 18.0 Å². The van der Waals surface area contributed by atoms with Crippen molar-refractivity contribution in [1.82, 2.24) is 10.2 Å². The summed E-state index contributed by atoms with van der Waals surface area (Å²) < 4.78 is 19.7. The fourth-order valence-corrected chi connectivity index (χ4v) is 2.73. The molecule has 2 N–H and O–H groups in total. The van der Waals surface area contributed by atoms with Crippen LogP contribution in [0.2, 0.25) is 0 Å². The van der Waals surface area contributed by atoms with E-state index in [1.54, 1.807) is 34.3 Å². The summed E-state index contributed by atoms with van der Waals surface area (Å²) in [6.45, 7) is 2.11. The van der Waals surface area contributed by atoms with Crippen molar-refractivity contribution >= 4 is 29.7 Å². The molecule has 1 saturated heterocycles. The number of oxime groups is 1. The van der Waals surface area contributed by atoms with Crippen LogP contribution in [0.5, 0.6) is 0 Å². The van der Waals surface area contributed by atoms with Gasteiger partial charge in [-0.2, -0.15) is 0 Å². The highest BCUT2D eigenvalue weighted by Crippen LogP contribution is 2.29. The highest BCUT2D eigenvalue weighted by atomic mass is 19.1. The predicted molar refractivity (Wildman–Crippen MR) is 91.3 cm³/mol. The molecular formula is C16H18FN5O4. The van der Waals surface area contributed by atoms with Crippen LogP contribution in [0.25, 0.3) is 0 Å². The van der Waals surface area contributed by atoms with Gasteiger partial charge in [0.2, 0.25) is 5.91 Å². The molecule has 1 fully saturated rings. The fourth-order valence-electron chi connectivity index (χ4n) is 2.73. The van der Waals surface area contributed by atoms with Crippen molar-refractivity contribution in [2.24, 2.45) is 5.16 Å². The highest BCUT2D eigenvalue weighted by molar-refractivity contribution is 5.90. The van der Waals surface area contributed by atoms with E-state index in [0.717, 1.165) is 0 Å². The van der Waals surface area contributed by atoms with E-state index in [1.165, 1.54) is 24.2 Å². The van der Waals surface area contributed by atoms with Crippen LogP contribution in [0, 0.1) is 5.82 Å². The first kappa shape index (κ1) is 17.5. The SMILES string of the molecule is CC(=O)NCC1CN(c2ccc(N3C=CN(C=NO)C3)c(F)c2)C(=O)O1. The maximum absolute atomic E-state index is 14.5. The highest BCUT2D eigenvalue weighted by Gasteiger charge is 2.33. The molecular weight excluding hydrogens is 345 g/mol. The Hall–Kier alpha value is -3.30. The molecule has 1 unspecified atom stereocenters. The average molecular weight is 363 g/mol. The molecule has 0 bridgehead atoms. The molecule has 0 radical (unpaired) electrons. The molecule has 1 atom stereocenters. The molecule has 10 heteroatoms. The van der Waals surface area contributed by atoms with E-state index in [-0.39, 0.29) is 19.0 Å². The zero-order valence-electron chi connectivity index (χ0n) is 14.0. The van der Waals surface area contributed by atoms with Gasteiger partial charge in [-0.05, 0) is 18.2 Å². The van der Waals surface area contributed by atoms with E-state index >= 15 is 0 Å². The van der Waals surface area contributed by atoms with Crippen molar-refractivity contribution in [3.05, 3.63) is 36.4 Å². The Balaban J connectivity index is 1.69. The van der Waals surface area contributed by atoms with E-state index in [4.69, 9.17) is 9.94 Å². The number of amides is 2. The van der Waals surface area contributed by atoms with Gasteiger partial charge in [0.25, 0.3) is 0 Å². The molecule has 2 heterocycles. The normalized spacial score (nSPS) is 19.5. The minimum absolute atomic E-state index is 0.207. The van der Waals surface area contributed by atoms with Gasteiger partial charge in [0.15, 0.2) is 0 Å². The van der Waals surface area contributed by atoms with Crippen LogP contribution in [0.1, 0.15) is 6.92 Å². The molecule has 0 aromatic heterocycles. The van der Waals surface area contributed by atoms with Crippen molar-refractivity contribution in [3.8, 4) is 0 Å². The second kappa shape index (κ2) is 7.30. The molecule has 1 aromatic carbocycles. The third kappa shape index (κ3) is 3.68.